The zero-order valence-electron chi connectivity index (χ0n) is 9.32. The molecule has 16 heavy (non-hydrogen) atoms. The molecule has 1 aliphatic carbocycles. The van der Waals surface area contributed by atoms with Crippen molar-refractivity contribution in [3.05, 3.63) is 23.8 Å². The van der Waals surface area contributed by atoms with Crippen LogP contribution in [0, 0.1) is 5.92 Å². The molecule has 3 heteroatoms. The summed E-state index contributed by atoms with van der Waals surface area (Å²) in [6.07, 6.45) is 5.10. The molecule has 1 aromatic rings. The summed E-state index contributed by atoms with van der Waals surface area (Å²) in [5.41, 5.74) is 7.45. The van der Waals surface area contributed by atoms with Crippen LogP contribution in [0.25, 0.3) is 0 Å². The lowest BCUT2D eigenvalue weighted by molar-refractivity contribution is 0.172. The van der Waals surface area contributed by atoms with Gasteiger partial charge in [-0.25, -0.2) is 0 Å². The average Bonchev–Trinajstić information content (AvgIpc) is 2.98. The topological polar surface area (TPSA) is 44.5 Å². The molecule has 1 aromatic carbocycles. The highest BCUT2D eigenvalue weighted by atomic mass is 16.7. The minimum absolute atomic E-state index is 0.0964. The van der Waals surface area contributed by atoms with Crippen LogP contribution >= 0.6 is 0 Å². The van der Waals surface area contributed by atoms with Crippen LogP contribution < -0.4 is 15.2 Å². The molecule has 0 radical (unpaired) electrons. The first-order valence-electron chi connectivity index (χ1n) is 6.00. The number of nitrogens with two attached hydrogens (primary N) is 1. The van der Waals surface area contributed by atoms with Crippen molar-refractivity contribution in [1.29, 1.82) is 0 Å². The lowest BCUT2D eigenvalue weighted by Gasteiger charge is -2.20. The van der Waals surface area contributed by atoms with Crippen LogP contribution in [-0.4, -0.2) is 6.79 Å². The van der Waals surface area contributed by atoms with E-state index in [1.807, 2.05) is 12.1 Å². The van der Waals surface area contributed by atoms with Crippen molar-refractivity contribution in [2.75, 3.05) is 6.79 Å². The van der Waals surface area contributed by atoms with Gasteiger partial charge in [0.25, 0.3) is 0 Å². The summed E-state index contributed by atoms with van der Waals surface area (Å²) in [4.78, 5) is 0. The molecule has 2 aliphatic rings. The number of benzene rings is 1. The summed E-state index contributed by atoms with van der Waals surface area (Å²) in [7, 11) is 0. The first-order chi connectivity index (χ1) is 7.86. The maximum Gasteiger partial charge on any atom is 0.231 e. The summed E-state index contributed by atoms with van der Waals surface area (Å²) in [6.45, 7) is 0.323. The largest absolute Gasteiger partial charge is 0.454 e. The van der Waals surface area contributed by atoms with Crippen LogP contribution in [0.2, 0.25) is 0 Å². The molecule has 3 rings (SSSR count). The van der Waals surface area contributed by atoms with Gasteiger partial charge in [0.05, 0.1) is 0 Å². The molecular weight excluding hydrogens is 202 g/mol. The van der Waals surface area contributed by atoms with Gasteiger partial charge >= 0.3 is 0 Å². The Morgan fingerprint density at radius 1 is 1.19 bits per heavy atom. The highest BCUT2D eigenvalue weighted by Gasteiger charge is 2.28. The number of fused-ring (bicyclic) bond motifs is 1. The van der Waals surface area contributed by atoms with Crippen molar-refractivity contribution >= 4 is 0 Å². The Morgan fingerprint density at radius 2 is 2.00 bits per heavy atom. The average molecular weight is 219 g/mol. The summed E-state index contributed by atoms with van der Waals surface area (Å²) in [5, 5.41) is 0. The molecular formula is C13H17NO2. The Bertz CT molecular complexity index is 386. The predicted molar refractivity (Wildman–Crippen MR) is 61.5 cm³/mol. The third kappa shape index (κ3) is 1.55. The summed E-state index contributed by atoms with van der Waals surface area (Å²) in [5.74, 6) is 2.31. The van der Waals surface area contributed by atoms with Crippen molar-refractivity contribution in [2.24, 2.45) is 11.7 Å². The van der Waals surface area contributed by atoms with Crippen LogP contribution in [-0.2, 0) is 0 Å². The van der Waals surface area contributed by atoms with E-state index in [0.29, 0.717) is 12.7 Å². The Hall–Kier alpha value is -1.22. The van der Waals surface area contributed by atoms with Gasteiger partial charge in [-0.2, -0.15) is 0 Å². The van der Waals surface area contributed by atoms with E-state index in [1.54, 1.807) is 0 Å². The lowest BCUT2D eigenvalue weighted by Crippen LogP contribution is -2.19. The van der Waals surface area contributed by atoms with Crippen molar-refractivity contribution in [3.63, 3.8) is 0 Å². The Balaban J connectivity index is 1.91. The normalized spacial score (nSPS) is 21.3. The summed E-state index contributed by atoms with van der Waals surface area (Å²) >= 11 is 0. The van der Waals surface area contributed by atoms with Crippen molar-refractivity contribution in [1.82, 2.24) is 0 Å². The van der Waals surface area contributed by atoms with Gasteiger partial charge in [-0.1, -0.05) is 25.0 Å². The molecule has 1 heterocycles. The Morgan fingerprint density at radius 3 is 2.81 bits per heavy atom. The second kappa shape index (κ2) is 3.98. The molecule has 0 saturated heterocycles. The van der Waals surface area contributed by atoms with Gasteiger partial charge in [0.1, 0.15) is 0 Å². The van der Waals surface area contributed by atoms with E-state index in [4.69, 9.17) is 15.2 Å². The number of hydrogen-bond donors (Lipinski definition) is 1. The molecule has 0 bridgehead atoms. The van der Waals surface area contributed by atoms with Gasteiger partial charge in [0.15, 0.2) is 11.5 Å². The van der Waals surface area contributed by atoms with Crippen molar-refractivity contribution in [2.45, 2.75) is 31.7 Å². The fraction of sp³-hybridized carbons (Fsp3) is 0.538. The van der Waals surface area contributed by atoms with E-state index in [-0.39, 0.29) is 6.04 Å². The number of para-hydroxylation sites is 1. The predicted octanol–water partition coefficient (Wildman–Crippen LogP) is 2.61. The molecule has 0 amide bonds. The van der Waals surface area contributed by atoms with Crippen LogP contribution in [0.5, 0.6) is 11.5 Å². The van der Waals surface area contributed by atoms with E-state index in [9.17, 15) is 0 Å². The zero-order valence-corrected chi connectivity index (χ0v) is 9.32. The third-order valence-electron chi connectivity index (χ3n) is 3.69. The minimum atomic E-state index is 0.0964. The van der Waals surface area contributed by atoms with Crippen molar-refractivity contribution < 1.29 is 9.47 Å². The van der Waals surface area contributed by atoms with Crippen LogP contribution in [0.1, 0.15) is 37.3 Å². The lowest BCUT2D eigenvalue weighted by atomic mass is 9.92. The van der Waals surface area contributed by atoms with Gasteiger partial charge in [-0.15, -0.1) is 0 Å². The van der Waals surface area contributed by atoms with E-state index in [1.165, 1.54) is 25.7 Å². The Kier molecular flexibility index (Phi) is 2.48. The maximum atomic E-state index is 6.34. The van der Waals surface area contributed by atoms with Crippen LogP contribution in [0.4, 0.5) is 0 Å². The molecule has 0 spiro atoms. The van der Waals surface area contributed by atoms with Gasteiger partial charge < -0.3 is 15.2 Å². The monoisotopic (exact) mass is 219 g/mol. The van der Waals surface area contributed by atoms with Crippen LogP contribution in [0.15, 0.2) is 18.2 Å². The standard InChI is InChI=1S/C13H17NO2/c14-12(9-4-1-2-5-9)10-6-3-7-11-13(10)16-8-15-11/h3,6-7,9,12H,1-2,4-5,8,14H2. The molecule has 1 unspecified atom stereocenters. The molecule has 1 saturated carbocycles. The number of hydrogen-bond acceptors (Lipinski definition) is 3. The SMILES string of the molecule is NC(c1cccc2c1OCO2)C1CCCC1. The molecule has 3 nitrogen and oxygen atoms in total. The number of rotatable bonds is 2. The van der Waals surface area contributed by atoms with Gasteiger partial charge in [0.2, 0.25) is 6.79 Å². The first kappa shape index (κ1) is 9.97. The second-order valence-electron chi connectivity index (χ2n) is 4.65. The fourth-order valence-electron chi connectivity index (χ4n) is 2.79. The maximum absolute atomic E-state index is 6.34. The highest BCUT2D eigenvalue weighted by molar-refractivity contribution is 5.49. The summed E-state index contributed by atoms with van der Waals surface area (Å²) < 4.78 is 10.9. The third-order valence-corrected chi connectivity index (χ3v) is 3.69. The zero-order chi connectivity index (χ0) is 11.0. The van der Waals surface area contributed by atoms with Gasteiger partial charge in [-0.3, -0.25) is 0 Å². The van der Waals surface area contributed by atoms with E-state index < -0.39 is 0 Å². The molecule has 1 aliphatic heterocycles. The molecule has 1 atom stereocenters. The fourth-order valence-corrected chi connectivity index (χ4v) is 2.79. The Labute approximate surface area is 95.5 Å². The van der Waals surface area contributed by atoms with Gasteiger partial charge in [0, 0.05) is 11.6 Å². The van der Waals surface area contributed by atoms with Gasteiger partial charge in [-0.05, 0) is 24.8 Å². The highest BCUT2D eigenvalue weighted by Crippen LogP contribution is 2.42. The molecule has 0 aromatic heterocycles. The van der Waals surface area contributed by atoms with Crippen molar-refractivity contribution in [3.8, 4) is 11.5 Å². The quantitative estimate of drug-likeness (QED) is 0.831. The summed E-state index contributed by atoms with van der Waals surface area (Å²) in [6, 6.07) is 6.10. The van der Waals surface area contributed by atoms with Crippen LogP contribution in [0.3, 0.4) is 0 Å². The number of ether oxygens (including phenoxy) is 2. The smallest absolute Gasteiger partial charge is 0.231 e. The first-order valence-corrected chi connectivity index (χ1v) is 6.00. The second-order valence-corrected chi connectivity index (χ2v) is 4.65. The minimum Gasteiger partial charge on any atom is -0.454 e. The molecule has 2 N–H and O–H groups in total. The molecule has 1 fully saturated rings. The van der Waals surface area contributed by atoms with E-state index in [0.717, 1.165) is 17.1 Å². The molecule has 86 valence electrons. The van der Waals surface area contributed by atoms with E-state index >= 15 is 0 Å². The van der Waals surface area contributed by atoms with E-state index in [2.05, 4.69) is 6.07 Å².